The first kappa shape index (κ1) is 18.7. The van der Waals surface area contributed by atoms with E-state index in [1.165, 1.54) is 5.56 Å². The average Bonchev–Trinajstić information content (AvgIpc) is 3.25. The van der Waals surface area contributed by atoms with Crippen LogP contribution in [0.2, 0.25) is 0 Å². The quantitative estimate of drug-likeness (QED) is 0.878. The molecular formula is C21H31N3O3. The molecule has 1 unspecified atom stereocenters. The molecule has 1 aromatic rings. The van der Waals surface area contributed by atoms with Crippen LogP contribution in [0.3, 0.4) is 0 Å². The Morgan fingerprint density at radius 3 is 2.59 bits per heavy atom. The fourth-order valence-corrected chi connectivity index (χ4v) is 4.67. The molecule has 0 spiro atoms. The first-order chi connectivity index (χ1) is 13.2. The third kappa shape index (κ3) is 3.97. The number of anilines is 1. The van der Waals surface area contributed by atoms with Crippen LogP contribution < -0.4 is 10.2 Å². The third-order valence-electron chi connectivity index (χ3n) is 6.43. The lowest BCUT2D eigenvalue weighted by Gasteiger charge is -2.41. The van der Waals surface area contributed by atoms with Gasteiger partial charge in [-0.05, 0) is 57.1 Å². The van der Waals surface area contributed by atoms with Gasteiger partial charge in [0.25, 0.3) is 0 Å². The fraction of sp³-hybridized carbons (Fsp3) is 0.714. The van der Waals surface area contributed by atoms with E-state index in [4.69, 9.17) is 9.47 Å². The Bertz CT molecular complexity index is 629. The molecule has 3 saturated heterocycles. The number of piperidine rings is 1. The summed E-state index contributed by atoms with van der Waals surface area (Å²) in [6, 6.07) is 4.43. The molecule has 1 atom stereocenters. The summed E-state index contributed by atoms with van der Waals surface area (Å²) in [5.41, 5.74) is 0.779. The summed E-state index contributed by atoms with van der Waals surface area (Å²) in [5, 5.41) is 3.37. The molecule has 148 valence electrons. The minimum absolute atomic E-state index is 0.0539. The molecule has 1 amide bonds. The molecule has 0 saturated carbocycles. The lowest BCUT2D eigenvalue weighted by atomic mass is 9.73. The first-order valence-corrected chi connectivity index (χ1v) is 10.4. The molecule has 6 nitrogen and oxygen atoms in total. The third-order valence-corrected chi connectivity index (χ3v) is 6.43. The van der Waals surface area contributed by atoms with Crippen molar-refractivity contribution in [2.45, 2.75) is 57.6 Å². The Morgan fingerprint density at radius 2 is 1.96 bits per heavy atom. The van der Waals surface area contributed by atoms with Crippen LogP contribution in [0.5, 0.6) is 0 Å². The van der Waals surface area contributed by atoms with Crippen molar-refractivity contribution in [2.75, 3.05) is 37.8 Å². The number of nitrogens with one attached hydrogen (secondary N) is 1. The van der Waals surface area contributed by atoms with Gasteiger partial charge in [0.1, 0.15) is 5.82 Å². The number of nitrogens with zero attached hydrogens (tertiary/aromatic N) is 2. The van der Waals surface area contributed by atoms with E-state index in [9.17, 15) is 4.79 Å². The van der Waals surface area contributed by atoms with Crippen LogP contribution in [-0.2, 0) is 14.3 Å². The summed E-state index contributed by atoms with van der Waals surface area (Å²) < 4.78 is 11.5. The van der Waals surface area contributed by atoms with Gasteiger partial charge in [0.2, 0.25) is 5.91 Å². The predicted octanol–water partition coefficient (Wildman–Crippen LogP) is 2.45. The highest BCUT2D eigenvalue weighted by molar-refractivity contribution is 5.83. The standard InChI is InChI=1S/C21H31N3O3/c1-16-4-5-19(22-15-16)24-10-6-17(7-11-24)23-20(25)21(8-13-26-14-9-21)18-3-2-12-27-18/h4-5,15,17-18H,2-3,6-14H2,1H3,(H,23,25). The molecule has 4 heterocycles. The van der Waals surface area contributed by atoms with E-state index >= 15 is 0 Å². The van der Waals surface area contributed by atoms with Crippen LogP contribution in [0.15, 0.2) is 18.3 Å². The van der Waals surface area contributed by atoms with Crippen molar-refractivity contribution in [3.8, 4) is 0 Å². The molecule has 0 radical (unpaired) electrons. The highest BCUT2D eigenvalue weighted by Gasteiger charge is 2.49. The minimum Gasteiger partial charge on any atom is -0.381 e. The van der Waals surface area contributed by atoms with Crippen LogP contribution in [-0.4, -0.2) is 55.9 Å². The van der Waals surface area contributed by atoms with Gasteiger partial charge in [-0.15, -0.1) is 0 Å². The molecule has 3 fully saturated rings. The summed E-state index contributed by atoms with van der Waals surface area (Å²) in [5.74, 6) is 1.22. The normalized spacial score (nSPS) is 26.1. The zero-order chi connectivity index (χ0) is 18.7. The minimum atomic E-state index is -0.398. The Hall–Kier alpha value is -1.66. The number of hydrogen-bond acceptors (Lipinski definition) is 5. The SMILES string of the molecule is Cc1ccc(N2CCC(NC(=O)C3(C4CCCO4)CCOCC3)CC2)nc1. The summed E-state index contributed by atoms with van der Waals surface area (Å²) in [7, 11) is 0. The Balaban J connectivity index is 1.36. The molecule has 1 N–H and O–H groups in total. The maximum absolute atomic E-state index is 13.3. The number of ether oxygens (including phenoxy) is 2. The van der Waals surface area contributed by atoms with Gasteiger partial charge >= 0.3 is 0 Å². The molecular weight excluding hydrogens is 342 g/mol. The molecule has 1 aromatic heterocycles. The van der Waals surface area contributed by atoms with Crippen molar-refractivity contribution in [3.05, 3.63) is 23.9 Å². The van der Waals surface area contributed by atoms with Gasteiger partial charge in [0, 0.05) is 45.1 Å². The molecule has 0 aliphatic carbocycles. The molecule has 0 bridgehead atoms. The summed E-state index contributed by atoms with van der Waals surface area (Å²) >= 11 is 0. The number of rotatable bonds is 4. The Morgan fingerprint density at radius 1 is 1.19 bits per heavy atom. The van der Waals surface area contributed by atoms with E-state index in [2.05, 4.69) is 34.3 Å². The zero-order valence-corrected chi connectivity index (χ0v) is 16.3. The van der Waals surface area contributed by atoms with E-state index in [1.54, 1.807) is 0 Å². The predicted molar refractivity (Wildman–Crippen MR) is 104 cm³/mol. The van der Waals surface area contributed by atoms with Crippen LogP contribution in [0.1, 0.15) is 44.1 Å². The van der Waals surface area contributed by atoms with Crippen molar-refractivity contribution in [1.82, 2.24) is 10.3 Å². The molecule has 0 aromatic carbocycles. The van der Waals surface area contributed by atoms with Gasteiger partial charge in [-0.1, -0.05) is 6.07 Å². The maximum atomic E-state index is 13.3. The number of aromatic nitrogens is 1. The van der Waals surface area contributed by atoms with Gasteiger partial charge < -0.3 is 19.7 Å². The van der Waals surface area contributed by atoms with Gasteiger partial charge in [-0.25, -0.2) is 4.98 Å². The number of hydrogen-bond donors (Lipinski definition) is 1. The van der Waals surface area contributed by atoms with Crippen molar-refractivity contribution in [2.24, 2.45) is 5.41 Å². The Labute approximate surface area is 161 Å². The lowest BCUT2D eigenvalue weighted by molar-refractivity contribution is -0.149. The average molecular weight is 373 g/mol. The fourth-order valence-electron chi connectivity index (χ4n) is 4.67. The topological polar surface area (TPSA) is 63.7 Å². The van der Waals surface area contributed by atoms with Crippen LogP contribution >= 0.6 is 0 Å². The molecule has 4 rings (SSSR count). The van der Waals surface area contributed by atoms with Gasteiger partial charge in [0.05, 0.1) is 11.5 Å². The van der Waals surface area contributed by atoms with E-state index in [-0.39, 0.29) is 18.1 Å². The Kier molecular flexibility index (Phi) is 5.64. The number of amides is 1. The summed E-state index contributed by atoms with van der Waals surface area (Å²) in [6.07, 6.45) is 7.48. The number of aryl methyl sites for hydroxylation is 1. The largest absolute Gasteiger partial charge is 0.381 e. The number of carbonyl (C=O) groups excluding carboxylic acids is 1. The molecule has 6 heteroatoms. The lowest BCUT2D eigenvalue weighted by Crippen LogP contribution is -2.55. The summed E-state index contributed by atoms with van der Waals surface area (Å²) in [4.78, 5) is 20.1. The maximum Gasteiger partial charge on any atom is 0.229 e. The van der Waals surface area contributed by atoms with Gasteiger partial charge in [-0.2, -0.15) is 0 Å². The smallest absolute Gasteiger partial charge is 0.229 e. The molecule has 3 aliphatic rings. The second kappa shape index (κ2) is 8.15. The molecule has 27 heavy (non-hydrogen) atoms. The van der Waals surface area contributed by atoms with E-state index < -0.39 is 5.41 Å². The van der Waals surface area contributed by atoms with Crippen molar-refractivity contribution < 1.29 is 14.3 Å². The number of carbonyl (C=O) groups is 1. The zero-order valence-electron chi connectivity index (χ0n) is 16.3. The van der Waals surface area contributed by atoms with Crippen LogP contribution in [0.25, 0.3) is 0 Å². The van der Waals surface area contributed by atoms with Crippen LogP contribution in [0.4, 0.5) is 5.82 Å². The van der Waals surface area contributed by atoms with Crippen molar-refractivity contribution in [1.29, 1.82) is 0 Å². The van der Waals surface area contributed by atoms with Gasteiger partial charge in [0.15, 0.2) is 0 Å². The molecule has 3 aliphatic heterocycles. The highest BCUT2D eigenvalue weighted by atomic mass is 16.5. The highest BCUT2D eigenvalue weighted by Crippen LogP contribution is 2.40. The summed E-state index contributed by atoms with van der Waals surface area (Å²) in [6.45, 7) is 6.00. The van der Waals surface area contributed by atoms with E-state index in [1.807, 2.05) is 6.20 Å². The second-order valence-corrected chi connectivity index (χ2v) is 8.20. The van der Waals surface area contributed by atoms with Crippen molar-refractivity contribution in [3.63, 3.8) is 0 Å². The van der Waals surface area contributed by atoms with Crippen LogP contribution in [0, 0.1) is 12.3 Å². The monoisotopic (exact) mass is 373 g/mol. The second-order valence-electron chi connectivity index (χ2n) is 8.20. The van der Waals surface area contributed by atoms with E-state index in [0.717, 1.165) is 64.0 Å². The van der Waals surface area contributed by atoms with Crippen molar-refractivity contribution >= 4 is 11.7 Å². The van der Waals surface area contributed by atoms with E-state index in [0.29, 0.717) is 13.2 Å². The number of pyridine rings is 1. The first-order valence-electron chi connectivity index (χ1n) is 10.4. The van der Waals surface area contributed by atoms with Gasteiger partial charge in [-0.3, -0.25) is 4.79 Å².